The number of benzene rings is 2. The first-order valence-electron chi connectivity index (χ1n) is 9.34. The first-order valence-corrected chi connectivity index (χ1v) is 9.34. The summed E-state index contributed by atoms with van der Waals surface area (Å²) in [6.07, 6.45) is 1.62. The first-order chi connectivity index (χ1) is 13.5. The number of carbonyl (C=O) groups is 3. The largest absolute Gasteiger partial charge is 0.481 e. The normalized spacial score (nSPS) is 12.6. The minimum absolute atomic E-state index is 0.268. The van der Waals surface area contributed by atoms with Gasteiger partial charge in [-0.25, -0.2) is 0 Å². The van der Waals surface area contributed by atoms with E-state index in [0.717, 1.165) is 12.0 Å². The second-order valence-corrected chi connectivity index (χ2v) is 6.64. The highest BCUT2D eigenvalue weighted by Crippen LogP contribution is 2.18. The van der Waals surface area contributed by atoms with Crippen LogP contribution in [0.25, 0.3) is 0 Å². The molecule has 28 heavy (non-hydrogen) atoms. The van der Waals surface area contributed by atoms with Crippen molar-refractivity contribution >= 4 is 17.8 Å². The number of rotatable bonds is 10. The van der Waals surface area contributed by atoms with Crippen molar-refractivity contribution in [3.8, 4) is 0 Å². The van der Waals surface area contributed by atoms with E-state index >= 15 is 0 Å². The second kappa shape index (κ2) is 10.9. The Balaban J connectivity index is 2.05. The van der Waals surface area contributed by atoms with Crippen molar-refractivity contribution in [1.29, 1.82) is 0 Å². The Bertz CT molecular complexity index is 778. The molecule has 6 nitrogen and oxygen atoms in total. The van der Waals surface area contributed by atoms with Gasteiger partial charge in [0.2, 0.25) is 11.8 Å². The number of amides is 2. The third-order valence-electron chi connectivity index (χ3n) is 4.58. The SMILES string of the molecule is CNC(=O)[C@@H](NC(=O)[C@H](CCCc1ccccc1)CC(=O)O)c1ccccc1. The summed E-state index contributed by atoms with van der Waals surface area (Å²) in [6, 6.07) is 17.9. The Morgan fingerprint density at radius 1 is 0.929 bits per heavy atom. The van der Waals surface area contributed by atoms with Gasteiger partial charge in [0.1, 0.15) is 6.04 Å². The molecule has 0 unspecified atom stereocenters. The number of hydrogen-bond donors (Lipinski definition) is 3. The maximum atomic E-state index is 12.8. The van der Waals surface area contributed by atoms with Crippen LogP contribution in [0.2, 0.25) is 0 Å². The van der Waals surface area contributed by atoms with E-state index in [4.69, 9.17) is 0 Å². The van der Waals surface area contributed by atoms with E-state index in [1.54, 1.807) is 24.3 Å². The van der Waals surface area contributed by atoms with Gasteiger partial charge in [-0.05, 0) is 30.4 Å². The van der Waals surface area contributed by atoms with E-state index in [1.165, 1.54) is 7.05 Å². The predicted octanol–water partition coefficient (Wildman–Crippen LogP) is 2.70. The lowest BCUT2D eigenvalue weighted by Crippen LogP contribution is -2.42. The number of carbonyl (C=O) groups excluding carboxylic acids is 2. The predicted molar refractivity (Wildman–Crippen MR) is 107 cm³/mol. The molecule has 3 N–H and O–H groups in total. The van der Waals surface area contributed by atoms with Crippen molar-refractivity contribution in [3.63, 3.8) is 0 Å². The van der Waals surface area contributed by atoms with Gasteiger partial charge in [0.25, 0.3) is 0 Å². The van der Waals surface area contributed by atoms with Crippen molar-refractivity contribution < 1.29 is 19.5 Å². The Kier molecular flexibility index (Phi) is 8.21. The van der Waals surface area contributed by atoms with Crippen LogP contribution in [-0.2, 0) is 20.8 Å². The van der Waals surface area contributed by atoms with E-state index in [1.807, 2.05) is 36.4 Å². The summed E-state index contributed by atoms with van der Waals surface area (Å²) in [7, 11) is 1.50. The number of aliphatic carboxylic acids is 1. The van der Waals surface area contributed by atoms with Gasteiger partial charge in [-0.15, -0.1) is 0 Å². The van der Waals surface area contributed by atoms with Gasteiger partial charge in [0.05, 0.1) is 6.42 Å². The van der Waals surface area contributed by atoms with Crippen LogP contribution in [0, 0.1) is 5.92 Å². The minimum Gasteiger partial charge on any atom is -0.481 e. The standard InChI is InChI=1S/C22H26N2O4/c1-23-22(28)20(17-12-6-3-7-13-17)24-21(27)18(15-19(25)26)14-8-11-16-9-4-2-5-10-16/h2-7,9-10,12-13,18,20H,8,11,14-15H2,1H3,(H,23,28)(H,24,27)(H,25,26)/t18-,20+/m1/s1. The lowest BCUT2D eigenvalue weighted by molar-refractivity contribution is -0.141. The van der Waals surface area contributed by atoms with Crippen LogP contribution in [0.5, 0.6) is 0 Å². The molecule has 2 rings (SSSR count). The molecule has 0 aliphatic heterocycles. The topological polar surface area (TPSA) is 95.5 Å². The van der Waals surface area contributed by atoms with Crippen molar-refractivity contribution in [1.82, 2.24) is 10.6 Å². The average molecular weight is 382 g/mol. The fourth-order valence-electron chi connectivity index (χ4n) is 3.08. The molecule has 148 valence electrons. The number of carboxylic acids is 1. The van der Waals surface area contributed by atoms with Crippen LogP contribution in [0.3, 0.4) is 0 Å². The molecule has 2 amide bonds. The molecule has 2 atom stereocenters. The quantitative estimate of drug-likeness (QED) is 0.589. The summed E-state index contributed by atoms with van der Waals surface area (Å²) in [6.45, 7) is 0. The number of nitrogens with one attached hydrogen (secondary N) is 2. The molecule has 0 saturated heterocycles. The Morgan fingerprint density at radius 3 is 2.11 bits per heavy atom. The molecule has 0 spiro atoms. The number of likely N-dealkylation sites (N-methyl/N-ethyl adjacent to an activating group) is 1. The summed E-state index contributed by atoms with van der Waals surface area (Å²) in [5, 5.41) is 14.5. The number of carboxylic acid groups (broad SMARTS) is 1. The van der Waals surface area contributed by atoms with Crippen LogP contribution in [0.15, 0.2) is 60.7 Å². The van der Waals surface area contributed by atoms with Crippen molar-refractivity contribution in [3.05, 3.63) is 71.8 Å². The molecule has 0 saturated carbocycles. The fourth-order valence-corrected chi connectivity index (χ4v) is 3.08. The van der Waals surface area contributed by atoms with Crippen LogP contribution in [-0.4, -0.2) is 29.9 Å². The van der Waals surface area contributed by atoms with Gasteiger partial charge in [0.15, 0.2) is 0 Å². The molecular formula is C22H26N2O4. The molecule has 0 aliphatic carbocycles. The van der Waals surface area contributed by atoms with E-state index in [-0.39, 0.29) is 12.3 Å². The monoisotopic (exact) mass is 382 g/mol. The van der Waals surface area contributed by atoms with Crippen molar-refractivity contribution in [2.45, 2.75) is 31.7 Å². The maximum absolute atomic E-state index is 12.8. The van der Waals surface area contributed by atoms with Gasteiger partial charge < -0.3 is 15.7 Å². The second-order valence-electron chi connectivity index (χ2n) is 6.64. The van der Waals surface area contributed by atoms with Crippen molar-refractivity contribution in [2.75, 3.05) is 7.05 Å². The van der Waals surface area contributed by atoms with Crippen LogP contribution >= 0.6 is 0 Å². The first kappa shape index (κ1) is 21.2. The van der Waals surface area contributed by atoms with Gasteiger partial charge >= 0.3 is 5.97 Å². The molecular weight excluding hydrogens is 356 g/mol. The van der Waals surface area contributed by atoms with E-state index in [0.29, 0.717) is 18.4 Å². The lowest BCUT2D eigenvalue weighted by Gasteiger charge is -2.21. The highest BCUT2D eigenvalue weighted by molar-refractivity contribution is 5.90. The molecule has 2 aromatic carbocycles. The highest BCUT2D eigenvalue weighted by Gasteiger charge is 2.27. The molecule has 2 aromatic rings. The Hall–Kier alpha value is -3.15. The summed E-state index contributed by atoms with van der Waals surface area (Å²) < 4.78 is 0. The third-order valence-corrected chi connectivity index (χ3v) is 4.58. The molecule has 0 fully saturated rings. The maximum Gasteiger partial charge on any atom is 0.304 e. The fraction of sp³-hybridized carbons (Fsp3) is 0.318. The summed E-state index contributed by atoms with van der Waals surface area (Å²) in [5.41, 5.74) is 1.79. The lowest BCUT2D eigenvalue weighted by atomic mass is 9.95. The Labute approximate surface area is 165 Å². The van der Waals surface area contributed by atoms with E-state index < -0.39 is 23.8 Å². The molecule has 0 radical (unpaired) electrons. The van der Waals surface area contributed by atoms with Crippen LogP contribution < -0.4 is 10.6 Å². The minimum atomic E-state index is -1.03. The number of hydrogen-bond acceptors (Lipinski definition) is 3. The average Bonchev–Trinajstić information content (AvgIpc) is 2.71. The molecule has 6 heteroatoms. The Morgan fingerprint density at radius 2 is 1.54 bits per heavy atom. The molecule has 0 aromatic heterocycles. The van der Waals surface area contributed by atoms with Crippen molar-refractivity contribution in [2.24, 2.45) is 5.92 Å². The summed E-state index contributed by atoms with van der Waals surface area (Å²) in [4.78, 5) is 36.3. The highest BCUT2D eigenvalue weighted by atomic mass is 16.4. The summed E-state index contributed by atoms with van der Waals surface area (Å²) in [5.74, 6) is -2.50. The zero-order valence-electron chi connectivity index (χ0n) is 15.9. The molecule has 0 aliphatic rings. The van der Waals surface area contributed by atoms with E-state index in [9.17, 15) is 19.5 Å². The van der Waals surface area contributed by atoms with Gasteiger partial charge in [-0.1, -0.05) is 60.7 Å². The number of aryl methyl sites for hydroxylation is 1. The smallest absolute Gasteiger partial charge is 0.304 e. The van der Waals surface area contributed by atoms with E-state index in [2.05, 4.69) is 10.6 Å². The molecule has 0 bridgehead atoms. The third kappa shape index (κ3) is 6.54. The van der Waals surface area contributed by atoms with Gasteiger partial charge in [-0.2, -0.15) is 0 Å². The van der Waals surface area contributed by atoms with Gasteiger partial charge in [-0.3, -0.25) is 14.4 Å². The van der Waals surface area contributed by atoms with Gasteiger partial charge in [0, 0.05) is 13.0 Å². The molecule has 0 heterocycles. The zero-order valence-corrected chi connectivity index (χ0v) is 15.9. The zero-order chi connectivity index (χ0) is 20.4. The summed E-state index contributed by atoms with van der Waals surface area (Å²) >= 11 is 0. The van der Waals surface area contributed by atoms with Crippen LogP contribution in [0.4, 0.5) is 0 Å². The van der Waals surface area contributed by atoms with Crippen LogP contribution in [0.1, 0.15) is 36.4 Å².